The third-order valence-electron chi connectivity index (χ3n) is 6.37. The van der Waals surface area contributed by atoms with Crippen LogP contribution in [0.5, 0.6) is 0 Å². The van der Waals surface area contributed by atoms with Crippen LogP contribution < -0.4 is 4.72 Å². The Kier molecular flexibility index (Phi) is 12.1. The molecule has 1 heterocycles. The molecule has 0 fully saturated rings. The number of hydrogen-bond donors (Lipinski definition) is 2. The summed E-state index contributed by atoms with van der Waals surface area (Å²) in [6.07, 6.45) is 1.52. The number of ether oxygens (including phenoxy) is 1. The number of hydrogen-bond acceptors (Lipinski definition) is 7. The van der Waals surface area contributed by atoms with E-state index in [0.29, 0.717) is 38.2 Å². The Morgan fingerprint density at radius 3 is 2.28 bits per heavy atom. The second-order valence-corrected chi connectivity index (χ2v) is 11.2. The van der Waals surface area contributed by atoms with Gasteiger partial charge in [0.1, 0.15) is 13.2 Å². The highest BCUT2D eigenvalue weighted by atomic mass is 32.2. The number of aliphatic carboxylic acids is 1. The van der Waals surface area contributed by atoms with Gasteiger partial charge in [-0.05, 0) is 50.0 Å². The molecule has 10 nitrogen and oxygen atoms in total. The summed E-state index contributed by atoms with van der Waals surface area (Å²) >= 11 is 0. The van der Waals surface area contributed by atoms with Gasteiger partial charge in [0.2, 0.25) is 10.0 Å². The summed E-state index contributed by atoms with van der Waals surface area (Å²) in [6.45, 7) is 6.49. The van der Waals surface area contributed by atoms with E-state index in [1.165, 1.54) is 4.68 Å². The normalized spacial score (nSPS) is 12.6. The highest BCUT2D eigenvalue weighted by Gasteiger charge is 2.25. The molecular weight excluding hydrogens is 518 g/mol. The first-order chi connectivity index (χ1) is 18.8. The Morgan fingerprint density at radius 1 is 1.03 bits per heavy atom. The number of aryl methyl sites for hydroxylation is 1. The fraction of sp³-hybridized carbons (Fsp3) is 0.464. The van der Waals surface area contributed by atoms with Crippen LogP contribution in [0.4, 0.5) is 0 Å². The van der Waals surface area contributed by atoms with Gasteiger partial charge in [-0.25, -0.2) is 22.8 Å². The molecule has 11 heteroatoms. The largest absolute Gasteiger partial charge is 0.480 e. The summed E-state index contributed by atoms with van der Waals surface area (Å²) in [6, 6.07) is 18.6. The van der Waals surface area contributed by atoms with Crippen LogP contribution in [0.3, 0.4) is 0 Å². The smallest absolute Gasteiger partial charge is 0.325 e. The summed E-state index contributed by atoms with van der Waals surface area (Å²) in [7, 11) is -3.64. The van der Waals surface area contributed by atoms with Crippen LogP contribution in [0.15, 0.2) is 60.7 Å². The number of sulfonamides is 1. The van der Waals surface area contributed by atoms with Gasteiger partial charge in [-0.3, -0.25) is 4.79 Å². The standard InChI is InChI=1S/C28H39N5O5S/c1-3-32(4-2)18-11-19-39(36,37)31-25(17-16-23-12-7-5-8-13-23)28-29-26(33(30-28)20-27(34)35)22-38-21-24-14-9-6-10-15-24/h5-10,12-15,25,31H,3-4,11,16-22H2,1-2H3,(H,34,35)/t25-/m1/s1. The maximum Gasteiger partial charge on any atom is 0.325 e. The number of nitrogens with one attached hydrogen (secondary N) is 1. The van der Waals surface area contributed by atoms with E-state index in [0.717, 1.165) is 24.2 Å². The number of nitrogens with zero attached hydrogens (tertiary/aromatic N) is 4. The van der Waals surface area contributed by atoms with E-state index in [-0.39, 0.29) is 18.2 Å². The summed E-state index contributed by atoms with van der Waals surface area (Å²) in [5, 5.41) is 13.8. The fourth-order valence-corrected chi connectivity index (χ4v) is 5.51. The van der Waals surface area contributed by atoms with E-state index in [1.807, 2.05) is 60.7 Å². The van der Waals surface area contributed by atoms with Gasteiger partial charge in [0, 0.05) is 0 Å². The van der Waals surface area contributed by atoms with E-state index in [1.54, 1.807) is 0 Å². The van der Waals surface area contributed by atoms with Crippen molar-refractivity contribution in [3.8, 4) is 0 Å². The van der Waals surface area contributed by atoms with Crippen molar-refractivity contribution < 1.29 is 23.1 Å². The molecule has 3 rings (SSSR count). The molecule has 0 spiro atoms. The second kappa shape index (κ2) is 15.5. The first-order valence-electron chi connectivity index (χ1n) is 13.3. The quantitative estimate of drug-likeness (QED) is 0.244. The lowest BCUT2D eigenvalue weighted by molar-refractivity contribution is -0.138. The first kappa shape index (κ1) is 30.4. The number of carbonyl (C=O) groups is 1. The van der Waals surface area contributed by atoms with Gasteiger partial charge in [0.25, 0.3) is 0 Å². The van der Waals surface area contributed by atoms with Crippen LogP contribution in [0.2, 0.25) is 0 Å². The molecular formula is C28H39N5O5S. The van der Waals surface area contributed by atoms with Crippen LogP contribution in [-0.2, 0) is 45.7 Å². The molecule has 1 atom stereocenters. The Labute approximate surface area is 231 Å². The van der Waals surface area contributed by atoms with Crippen LogP contribution >= 0.6 is 0 Å². The number of benzene rings is 2. The van der Waals surface area contributed by atoms with E-state index in [4.69, 9.17) is 4.74 Å². The molecule has 1 aromatic heterocycles. The van der Waals surface area contributed by atoms with Crippen LogP contribution in [0, 0.1) is 0 Å². The Morgan fingerprint density at radius 2 is 1.67 bits per heavy atom. The molecule has 0 amide bonds. The highest BCUT2D eigenvalue weighted by Crippen LogP contribution is 2.19. The van der Waals surface area contributed by atoms with Crippen molar-refractivity contribution in [2.45, 2.75) is 58.9 Å². The average Bonchev–Trinajstić information content (AvgIpc) is 3.32. The molecule has 3 aromatic rings. The molecule has 39 heavy (non-hydrogen) atoms. The molecule has 0 unspecified atom stereocenters. The molecule has 0 aliphatic rings. The molecule has 0 radical (unpaired) electrons. The zero-order valence-electron chi connectivity index (χ0n) is 22.7. The van der Waals surface area contributed by atoms with Crippen LogP contribution in [0.1, 0.15) is 55.5 Å². The van der Waals surface area contributed by atoms with Gasteiger partial charge in [-0.2, -0.15) is 5.10 Å². The SMILES string of the molecule is CCN(CC)CCCS(=O)(=O)N[C@H](CCc1ccccc1)c1nc(COCc2ccccc2)n(CC(=O)O)n1. The Balaban J connectivity index is 1.78. The summed E-state index contributed by atoms with van der Waals surface area (Å²) in [5.74, 6) is -0.533. The zero-order chi connectivity index (χ0) is 28.1. The van der Waals surface area contributed by atoms with E-state index in [2.05, 4.69) is 33.6 Å². The fourth-order valence-electron chi connectivity index (χ4n) is 4.23. The Hall–Kier alpha value is -3.12. The minimum atomic E-state index is -3.64. The predicted octanol–water partition coefficient (Wildman–Crippen LogP) is 3.40. The number of carboxylic acids is 1. The topological polar surface area (TPSA) is 127 Å². The lowest BCUT2D eigenvalue weighted by atomic mass is 10.1. The third kappa shape index (κ3) is 10.5. The van der Waals surface area contributed by atoms with Gasteiger partial charge < -0.3 is 14.7 Å². The number of rotatable bonds is 18. The van der Waals surface area contributed by atoms with Gasteiger partial charge in [-0.1, -0.05) is 74.5 Å². The molecule has 0 aliphatic carbocycles. The maximum atomic E-state index is 13.1. The first-order valence-corrected chi connectivity index (χ1v) is 15.0. The lowest BCUT2D eigenvalue weighted by Gasteiger charge is -2.19. The third-order valence-corrected chi connectivity index (χ3v) is 7.84. The molecule has 212 valence electrons. The minimum absolute atomic E-state index is 0.0196. The van der Waals surface area contributed by atoms with Crippen molar-refractivity contribution in [2.24, 2.45) is 0 Å². The van der Waals surface area contributed by atoms with Gasteiger partial charge >= 0.3 is 5.97 Å². The van der Waals surface area contributed by atoms with E-state index < -0.39 is 28.6 Å². The molecule has 0 saturated heterocycles. The van der Waals surface area contributed by atoms with E-state index >= 15 is 0 Å². The minimum Gasteiger partial charge on any atom is -0.480 e. The maximum absolute atomic E-state index is 13.1. The van der Waals surface area contributed by atoms with E-state index in [9.17, 15) is 18.3 Å². The zero-order valence-corrected chi connectivity index (χ0v) is 23.5. The van der Waals surface area contributed by atoms with Gasteiger partial charge in [0.05, 0.1) is 18.4 Å². The van der Waals surface area contributed by atoms with Crippen LogP contribution in [-0.4, -0.2) is 64.5 Å². The van der Waals surface area contributed by atoms with Crippen molar-refractivity contribution in [1.82, 2.24) is 24.4 Å². The molecule has 0 aliphatic heterocycles. The monoisotopic (exact) mass is 557 g/mol. The van der Waals surface area contributed by atoms with Crippen molar-refractivity contribution >= 4 is 16.0 Å². The predicted molar refractivity (Wildman–Crippen MR) is 149 cm³/mol. The van der Waals surface area contributed by atoms with Crippen molar-refractivity contribution in [1.29, 1.82) is 0 Å². The van der Waals surface area contributed by atoms with Crippen molar-refractivity contribution in [2.75, 3.05) is 25.4 Å². The van der Waals surface area contributed by atoms with Crippen molar-refractivity contribution in [3.63, 3.8) is 0 Å². The molecule has 2 N–H and O–H groups in total. The summed E-state index contributed by atoms with van der Waals surface area (Å²) in [4.78, 5) is 18.2. The summed E-state index contributed by atoms with van der Waals surface area (Å²) in [5.41, 5.74) is 2.03. The number of aromatic nitrogens is 3. The summed E-state index contributed by atoms with van der Waals surface area (Å²) < 4.78 is 36.0. The average molecular weight is 558 g/mol. The van der Waals surface area contributed by atoms with Gasteiger partial charge in [0.15, 0.2) is 11.6 Å². The van der Waals surface area contributed by atoms with Crippen molar-refractivity contribution in [3.05, 3.63) is 83.4 Å². The van der Waals surface area contributed by atoms with Crippen LogP contribution in [0.25, 0.3) is 0 Å². The highest BCUT2D eigenvalue weighted by molar-refractivity contribution is 7.89. The molecule has 2 aromatic carbocycles. The molecule has 0 bridgehead atoms. The lowest BCUT2D eigenvalue weighted by Crippen LogP contribution is -2.33. The number of carboxylic acid groups (broad SMARTS) is 1. The van der Waals surface area contributed by atoms with Gasteiger partial charge in [-0.15, -0.1) is 0 Å². The Bertz CT molecular complexity index is 1250. The second-order valence-electron chi connectivity index (χ2n) is 9.31. The molecule has 0 saturated carbocycles.